The molecule has 0 rings (SSSR count). The highest BCUT2D eigenvalue weighted by Crippen LogP contribution is 2.26. The van der Waals surface area contributed by atoms with Gasteiger partial charge in [0.2, 0.25) is 0 Å². The Morgan fingerprint density at radius 2 is 2.00 bits per heavy atom. The van der Waals surface area contributed by atoms with E-state index in [-0.39, 0.29) is 5.33 Å². The number of halogens is 4. The van der Waals surface area contributed by atoms with E-state index in [1.165, 1.54) is 0 Å². The lowest BCUT2D eigenvalue weighted by Gasteiger charge is -2.08. The summed E-state index contributed by atoms with van der Waals surface area (Å²) < 4.78 is 34.4. The molecular formula is C4H3BrF3N. The molecule has 0 heterocycles. The highest BCUT2D eigenvalue weighted by Gasteiger charge is 2.38. The molecule has 0 fully saturated rings. The summed E-state index contributed by atoms with van der Waals surface area (Å²) in [4.78, 5) is 0. The van der Waals surface area contributed by atoms with Crippen molar-refractivity contribution in [2.24, 2.45) is 5.92 Å². The van der Waals surface area contributed by atoms with Crippen molar-refractivity contribution in [1.29, 1.82) is 5.26 Å². The van der Waals surface area contributed by atoms with Gasteiger partial charge in [0, 0.05) is 5.33 Å². The summed E-state index contributed by atoms with van der Waals surface area (Å²) in [5.41, 5.74) is 0. The molecule has 52 valence electrons. The van der Waals surface area contributed by atoms with Crippen molar-refractivity contribution in [2.45, 2.75) is 6.18 Å². The molecule has 0 aromatic heterocycles. The molecule has 9 heavy (non-hydrogen) atoms. The van der Waals surface area contributed by atoms with Crippen molar-refractivity contribution in [3.8, 4) is 6.07 Å². The van der Waals surface area contributed by atoms with Crippen LogP contribution in [0.5, 0.6) is 0 Å². The van der Waals surface area contributed by atoms with Gasteiger partial charge in [0.05, 0.1) is 6.07 Å². The van der Waals surface area contributed by atoms with Crippen molar-refractivity contribution in [1.82, 2.24) is 0 Å². The van der Waals surface area contributed by atoms with Gasteiger partial charge in [-0.05, 0) is 0 Å². The van der Waals surface area contributed by atoms with Crippen LogP contribution in [0.25, 0.3) is 0 Å². The summed E-state index contributed by atoms with van der Waals surface area (Å²) in [6.07, 6.45) is -4.39. The van der Waals surface area contributed by atoms with Crippen molar-refractivity contribution in [3.63, 3.8) is 0 Å². The van der Waals surface area contributed by atoms with Gasteiger partial charge in [0.1, 0.15) is 0 Å². The second-order valence-corrected chi connectivity index (χ2v) is 2.03. The summed E-state index contributed by atoms with van der Waals surface area (Å²) in [6, 6.07) is 1.12. The van der Waals surface area contributed by atoms with E-state index in [4.69, 9.17) is 5.26 Å². The first-order valence-corrected chi connectivity index (χ1v) is 3.16. The molecule has 0 aliphatic rings. The van der Waals surface area contributed by atoms with Crippen LogP contribution in [0.2, 0.25) is 0 Å². The Labute approximate surface area is 58.6 Å². The number of rotatable bonds is 1. The Balaban J connectivity index is 4.00. The number of hydrogen-bond donors (Lipinski definition) is 0. The molecule has 5 heteroatoms. The lowest BCUT2D eigenvalue weighted by Crippen LogP contribution is -2.22. The van der Waals surface area contributed by atoms with Crippen LogP contribution >= 0.6 is 15.9 Å². The molecule has 0 amide bonds. The molecule has 0 aliphatic carbocycles. The summed E-state index contributed by atoms with van der Waals surface area (Å²) >= 11 is 2.57. The third-order valence-electron chi connectivity index (χ3n) is 0.705. The molecule has 0 spiro atoms. The summed E-state index contributed by atoms with van der Waals surface area (Å²) in [5, 5.41) is 7.51. The zero-order chi connectivity index (χ0) is 7.49. The van der Waals surface area contributed by atoms with Gasteiger partial charge < -0.3 is 0 Å². The first kappa shape index (κ1) is 8.76. The molecule has 0 aromatic rings. The largest absolute Gasteiger partial charge is 0.405 e. The summed E-state index contributed by atoms with van der Waals surface area (Å²) in [5.74, 6) is -1.88. The Hall–Kier alpha value is -0.240. The molecule has 1 unspecified atom stereocenters. The maximum Gasteiger partial charge on any atom is 0.405 e. The molecular weight excluding hydrogens is 199 g/mol. The number of nitriles is 1. The standard InChI is InChI=1S/C4H3BrF3N/c5-1-3(2-9)4(6,7)8/h3H,1H2. The van der Waals surface area contributed by atoms with E-state index in [2.05, 4.69) is 15.9 Å². The van der Waals surface area contributed by atoms with Crippen LogP contribution in [0.4, 0.5) is 13.2 Å². The predicted octanol–water partition coefficient (Wildman–Crippen LogP) is 2.08. The molecule has 0 radical (unpaired) electrons. The molecule has 0 aromatic carbocycles. The van der Waals surface area contributed by atoms with Gasteiger partial charge in [-0.3, -0.25) is 0 Å². The van der Waals surface area contributed by atoms with Crippen LogP contribution in [0.3, 0.4) is 0 Å². The minimum absolute atomic E-state index is 0.354. The monoisotopic (exact) mass is 201 g/mol. The van der Waals surface area contributed by atoms with Crippen LogP contribution in [-0.4, -0.2) is 11.5 Å². The number of alkyl halides is 4. The molecule has 0 saturated carbocycles. The normalized spacial score (nSPS) is 14.6. The van der Waals surface area contributed by atoms with Crippen molar-refractivity contribution in [2.75, 3.05) is 5.33 Å². The summed E-state index contributed by atoms with van der Waals surface area (Å²) in [7, 11) is 0. The SMILES string of the molecule is N#CC(CBr)C(F)(F)F. The smallest absolute Gasteiger partial charge is 0.198 e. The first-order valence-electron chi connectivity index (χ1n) is 2.04. The Morgan fingerprint density at radius 3 is 2.00 bits per heavy atom. The predicted molar refractivity (Wildman–Crippen MR) is 29.0 cm³/mol. The maximum atomic E-state index is 11.5. The van der Waals surface area contributed by atoms with Crippen LogP contribution in [-0.2, 0) is 0 Å². The molecule has 0 bridgehead atoms. The van der Waals surface area contributed by atoms with Gasteiger partial charge in [0.25, 0.3) is 0 Å². The lowest BCUT2D eigenvalue weighted by molar-refractivity contribution is -0.152. The zero-order valence-corrected chi connectivity index (χ0v) is 5.83. The molecule has 1 atom stereocenters. The van der Waals surface area contributed by atoms with Crippen molar-refractivity contribution in [3.05, 3.63) is 0 Å². The van der Waals surface area contributed by atoms with Gasteiger partial charge >= 0.3 is 6.18 Å². The average molecular weight is 202 g/mol. The van der Waals surface area contributed by atoms with Crippen LogP contribution in [0.15, 0.2) is 0 Å². The zero-order valence-electron chi connectivity index (χ0n) is 4.24. The van der Waals surface area contributed by atoms with Gasteiger partial charge in [-0.2, -0.15) is 18.4 Å². The average Bonchev–Trinajstić information content (AvgIpc) is 1.65. The van der Waals surface area contributed by atoms with E-state index in [0.29, 0.717) is 0 Å². The second kappa shape index (κ2) is 3.06. The molecule has 0 N–H and O–H groups in total. The highest BCUT2D eigenvalue weighted by atomic mass is 79.9. The third kappa shape index (κ3) is 2.70. The third-order valence-corrected chi connectivity index (χ3v) is 1.35. The van der Waals surface area contributed by atoms with Gasteiger partial charge in [-0.1, -0.05) is 15.9 Å². The molecule has 0 saturated heterocycles. The van der Waals surface area contributed by atoms with Crippen LogP contribution in [0, 0.1) is 17.2 Å². The van der Waals surface area contributed by atoms with E-state index in [1.807, 2.05) is 0 Å². The number of nitrogens with zero attached hydrogens (tertiary/aromatic N) is 1. The Morgan fingerprint density at radius 1 is 1.56 bits per heavy atom. The van der Waals surface area contributed by atoms with E-state index in [1.54, 1.807) is 0 Å². The fraction of sp³-hybridized carbons (Fsp3) is 0.750. The topological polar surface area (TPSA) is 23.8 Å². The maximum absolute atomic E-state index is 11.5. The Kier molecular flexibility index (Phi) is 2.98. The van der Waals surface area contributed by atoms with E-state index < -0.39 is 12.1 Å². The second-order valence-electron chi connectivity index (χ2n) is 1.38. The Bertz CT molecular complexity index is 125. The van der Waals surface area contributed by atoms with E-state index >= 15 is 0 Å². The molecule has 0 aliphatic heterocycles. The number of hydrogen-bond acceptors (Lipinski definition) is 1. The summed E-state index contributed by atoms with van der Waals surface area (Å²) in [6.45, 7) is 0. The lowest BCUT2D eigenvalue weighted by atomic mass is 10.2. The highest BCUT2D eigenvalue weighted by molar-refractivity contribution is 9.09. The van der Waals surface area contributed by atoms with Gasteiger partial charge in [-0.25, -0.2) is 0 Å². The fourth-order valence-electron chi connectivity index (χ4n) is 0.195. The minimum atomic E-state index is -4.39. The van der Waals surface area contributed by atoms with Crippen LogP contribution in [0.1, 0.15) is 0 Å². The minimum Gasteiger partial charge on any atom is -0.198 e. The first-order chi connectivity index (χ1) is 4.02. The van der Waals surface area contributed by atoms with E-state index in [9.17, 15) is 13.2 Å². The quantitative estimate of drug-likeness (QED) is 0.597. The van der Waals surface area contributed by atoms with Crippen molar-refractivity contribution >= 4 is 15.9 Å². The molecule has 1 nitrogen and oxygen atoms in total. The van der Waals surface area contributed by atoms with Gasteiger partial charge in [0.15, 0.2) is 5.92 Å². The van der Waals surface area contributed by atoms with Crippen molar-refractivity contribution < 1.29 is 13.2 Å². The van der Waals surface area contributed by atoms with Gasteiger partial charge in [-0.15, -0.1) is 0 Å². The van der Waals surface area contributed by atoms with Crippen LogP contribution < -0.4 is 0 Å². The van der Waals surface area contributed by atoms with E-state index in [0.717, 1.165) is 6.07 Å². The fourth-order valence-corrected chi connectivity index (χ4v) is 0.707.